The molecule has 7 heteroatoms. The number of hydrogen-bond acceptors (Lipinski definition) is 4. The monoisotopic (exact) mass is 319 g/mol. The topological polar surface area (TPSA) is 73.2 Å². The lowest BCUT2D eigenvalue weighted by Gasteiger charge is -2.30. The molecule has 6 nitrogen and oxygen atoms in total. The van der Waals surface area contributed by atoms with Crippen molar-refractivity contribution in [2.45, 2.75) is 13.0 Å². The fraction of sp³-hybridized carbons (Fsp3) is 0.267. The average molecular weight is 320 g/mol. The summed E-state index contributed by atoms with van der Waals surface area (Å²) in [7, 11) is 1.26. The highest BCUT2D eigenvalue weighted by atomic mass is 35.5. The van der Waals surface area contributed by atoms with Crippen molar-refractivity contribution in [3.05, 3.63) is 46.6 Å². The van der Waals surface area contributed by atoms with Gasteiger partial charge in [0.05, 0.1) is 12.8 Å². The Hall–Kier alpha value is -2.34. The number of esters is 1. The number of rotatable bonds is 2. The van der Waals surface area contributed by atoms with Crippen LogP contribution in [0.1, 0.15) is 17.3 Å². The van der Waals surface area contributed by atoms with Gasteiger partial charge in [0.25, 0.3) is 0 Å². The maximum Gasteiger partial charge on any atom is 0.320 e. The molecule has 1 amide bonds. The number of carbonyl (C=O) groups excluding carboxylic acids is 2. The van der Waals surface area contributed by atoms with E-state index in [-0.39, 0.29) is 0 Å². The number of halogens is 1. The normalized spacial score (nSPS) is 20.2. The lowest BCUT2D eigenvalue weighted by atomic mass is 9.90. The van der Waals surface area contributed by atoms with E-state index in [0.29, 0.717) is 10.8 Å². The fourth-order valence-corrected chi connectivity index (χ4v) is 2.79. The van der Waals surface area contributed by atoms with Crippen LogP contribution in [0.25, 0.3) is 0 Å². The van der Waals surface area contributed by atoms with Crippen molar-refractivity contribution in [1.29, 1.82) is 0 Å². The van der Waals surface area contributed by atoms with E-state index in [2.05, 4.69) is 10.4 Å². The quantitative estimate of drug-likeness (QED) is 0.680. The maximum absolute atomic E-state index is 12.3. The number of aryl methyl sites for hydroxylation is 1. The molecule has 0 radical (unpaired) electrons. The van der Waals surface area contributed by atoms with Crippen molar-refractivity contribution >= 4 is 29.3 Å². The number of nitrogens with zero attached hydrogens (tertiary/aromatic N) is 2. The van der Waals surface area contributed by atoms with Crippen molar-refractivity contribution in [1.82, 2.24) is 9.78 Å². The molecule has 1 N–H and O–H groups in total. The number of hydrogen-bond donors (Lipinski definition) is 1. The van der Waals surface area contributed by atoms with Crippen LogP contribution in [0.2, 0.25) is 5.02 Å². The Morgan fingerprint density at radius 3 is 2.68 bits per heavy atom. The van der Waals surface area contributed by atoms with Gasteiger partial charge in [-0.2, -0.15) is 5.10 Å². The minimum Gasteiger partial charge on any atom is -0.468 e. The summed E-state index contributed by atoms with van der Waals surface area (Å²) in [5, 5.41) is 7.66. The molecule has 0 fully saturated rings. The highest BCUT2D eigenvalue weighted by Crippen LogP contribution is 2.35. The van der Waals surface area contributed by atoms with Gasteiger partial charge in [-0.15, -0.1) is 0 Å². The number of methoxy groups -OCH3 is 1. The van der Waals surface area contributed by atoms with Gasteiger partial charge in [0.1, 0.15) is 11.9 Å². The third-order valence-corrected chi connectivity index (χ3v) is 3.89. The molecule has 1 aromatic heterocycles. The van der Waals surface area contributed by atoms with E-state index < -0.39 is 23.8 Å². The van der Waals surface area contributed by atoms with Crippen molar-refractivity contribution < 1.29 is 14.3 Å². The molecule has 0 aliphatic carbocycles. The van der Waals surface area contributed by atoms with Crippen molar-refractivity contribution in [2.24, 2.45) is 5.92 Å². The zero-order chi connectivity index (χ0) is 15.9. The van der Waals surface area contributed by atoms with E-state index in [0.717, 1.165) is 11.3 Å². The number of aromatic nitrogens is 2. The number of amides is 1. The SMILES string of the molecule is COC(=O)C1C(=O)Nc2cc(C)nn2C1c1ccc(Cl)cc1. The molecule has 2 heterocycles. The Morgan fingerprint density at radius 2 is 2.05 bits per heavy atom. The molecule has 2 aromatic rings. The number of fused-ring (bicyclic) bond motifs is 1. The molecular formula is C15H14ClN3O3. The summed E-state index contributed by atoms with van der Waals surface area (Å²) in [6.07, 6.45) is 0. The number of ether oxygens (including phenoxy) is 1. The Labute approximate surface area is 132 Å². The fourth-order valence-electron chi connectivity index (χ4n) is 2.67. The molecule has 114 valence electrons. The Kier molecular flexibility index (Phi) is 3.62. The van der Waals surface area contributed by atoms with Crippen molar-refractivity contribution in [3.8, 4) is 0 Å². The van der Waals surface area contributed by atoms with E-state index in [1.165, 1.54) is 7.11 Å². The number of benzene rings is 1. The van der Waals surface area contributed by atoms with E-state index in [1.54, 1.807) is 35.0 Å². The van der Waals surface area contributed by atoms with Crippen molar-refractivity contribution in [2.75, 3.05) is 12.4 Å². The van der Waals surface area contributed by atoms with E-state index >= 15 is 0 Å². The lowest BCUT2D eigenvalue weighted by Crippen LogP contribution is -2.43. The molecule has 0 saturated heterocycles. The minimum atomic E-state index is -1.00. The van der Waals surface area contributed by atoms with Crippen LogP contribution in [-0.2, 0) is 14.3 Å². The minimum absolute atomic E-state index is 0.404. The summed E-state index contributed by atoms with van der Waals surface area (Å²) in [6.45, 7) is 1.82. The van der Waals surface area contributed by atoms with Gasteiger partial charge in [0.2, 0.25) is 5.91 Å². The summed E-state index contributed by atoms with van der Waals surface area (Å²) in [6, 6.07) is 8.18. The third-order valence-electron chi connectivity index (χ3n) is 3.64. The molecule has 1 aliphatic heterocycles. The molecule has 3 rings (SSSR count). The first-order valence-electron chi connectivity index (χ1n) is 6.71. The van der Waals surface area contributed by atoms with E-state index in [4.69, 9.17) is 16.3 Å². The van der Waals surface area contributed by atoms with Crippen LogP contribution in [0.3, 0.4) is 0 Å². The molecule has 2 unspecified atom stereocenters. The first kappa shape index (κ1) is 14.6. The zero-order valence-corrected chi connectivity index (χ0v) is 12.8. The summed E-state index contributed by atoms with van der Waals surface area (Å²) in [5.41, 5.74) is 1.51. The number of carbonyl (C=O) groups is 2. The zero-order valence-electron chi connectivity index (χ0n) is 12.0. The van der Waals surface area contributed by atoms with Gasteiger partial charge in [-0.25, -0.2) is 4.68 Å². The summed E-state index contributed by atoms with van der Waals surface area (Å²) >= 11 is 5.92. The van der Waals surface area contributed by atoms with E-state index in [9.17, 15) is 9.59 Å². The third kappa shape index (κ3) is 2.35. The van der Waals surface area contributed by atoms with Crippen molar-refractivity contribution in [3.63, 3.8) is 0 Å². The highest BCUT2D eigenvalue weighted by molar-refractivity contribution is 6.30. The Morgan fingerprint density at radius 1 is 1.36 bits per heavy atom. The summed E-state index contributed by atoms with van der Waals surface area (Å²) < 4.78 is 6.43. The molecule has 0 saturated carbocycles. The summed E-state index contributed by atoms with van der Waals surface area (Å²) in [5.74, 6) is -1.45. The van der Waals surface area contributed by atoms with Crippen LogP contribution in [-0.4, -0.2) is 28.8 Å². The molecule has 1 aromatic carbocycles. The van der Waals surface area contributed by atoms with Gasteiger partial charge in [-0.05, 0) is 24.6 Å². The molecule has 2 atom stereocenters. The Bertz CT molecular complexity index is 739. The van der Waals surface area contributed by atoms with Crippen LogP contribution >= 0.6 is 11.6 Å². The first-order chi connectivity index (χ1) is 10.5. The average Bonchev–Trinajstić information content (AvgIpc) is 2.86. The maximum atomic E-state index is 12.3. The van der Waals surface area contributed by atoms with Gasteiger partial charge in [0, 0.05) is 11.1 Å². The standard InChI is InChI=1S/C15H14ClN3O3/c1-8-7-11-17-14(20)12(15(21)22-2)13(19(11)18-8)9-3-5-10(16)6-4-9/h3-7,12-13H,1-2H3,(H,17,20). The second-order valence-electron chi connectivity index (χ2n) is 5.10. The van der Waals surface area contributed by atoms with Gasteiger partial charge in [0.15, 0.2) is 5.92 Å². The number of anilines is 1. The van der Waals surface area contributed by atoms with Crippen LogP contribution < -0.4 is 5.32 Å². The molecule has 22 heavy (non-hydrogen) atoms. The second kappa shape index (κ2) is 5.46. The summed E-state index contributed by atoms with van der Waals surface area (Å²) in [4.78, 5) is 24.4. The van der Waals surface area contributed by atoms with Gasteiger partial charge in [-0.1, -0.05) is 23.7 Å². The molecule has 0 bridgehead atoms. The Balaban J connectivity index is 2.16. The number of nitrogens with one attached hydrogen (secondary N) is 1. The van der Waals surface area contributed by atoms with E-state index in [1.807, 2.05) is 6.92 Å². The van der Waals surface area contributed by atoms with Crippen LogP contribution in [0.4, 0.5) is 5.82 Å². The lowest BCUT2D eigenvalue weighted by molar-refractivity contribution is -0.150. The molecule has 1 aliphatic rings. The second-order valence-corrected chi connectivity index (χ2v) is 5.54. The molecular weight excluding hydrogens is 306 g/mol. The van der Waals surface area contributed by atoms with Gasteiger partial charge < -0.3 is 10.1 Å². The van der Waals surface area contributed by atoms with Gasteiger partial charge in [-0.3, -0.25) is 9.59 Å². The van der Waals surface area contributed by atoms with Gasteiger partial charge >= 0.3 is 5.97 Å². The first-order valence-corrected chi connectivity index (χ1v) is 7.09. The smallest absolute Gasteiger partial charge is 0.320 e. The van der Waals surface area contributed by atoms with Crippen LogP contribution in [0.15, 0.2) is 30.3 Å². The van der Waals surface area contributed by atoms with Crippen LogP contribution in [0.5, 0.6) is 0 Å². The predicted octanol–water partition coefficient (Wildman–Crippen LogP) is 2.18. The largest absolute Gasteiger partial charge is 0.468 e. The predicted molar refractivity (Wildman–Crippen MR) is 80.7 cm³/mol. The van der Waals surface area contributed by atoms with Crippen LogP contribution in [0, 0.1) is 12.8 Å². The molecule has 0 spiro atoms. The highest BCUT2D eigenvalue weighted by Gasteiger charge is 2.43.